The number of nitrogens with zero attached hydrogens (tertiary/aromatic N) is 5. The number of carbonyl (C=O) groups is 4. The number of Topliss-reactive ketones (excluding diaryl/α,β-unsaturated/α-hetero) is 1. The van der Waals surface area contributed by atoms with Gasteiger partial charge in [-0.3, -0.25) is 29.2 Å². The van der Waals surface area contributed by atoms with E-state index in [1.54, 1.807) is 70.7 Å². The second-order valence-corrected chi connectivity index (χ2v) is 23.2. The Morgan fingerprint density at radius 2 is 1.56 bits per heavy atom. The Morgan fingerprint density at radius 1 is 0.880 bits per heavy atom. The van der Waals surface area contributed by atoms with Gasteiger partial charge in [0.1, 0.15) is 35.1 Å². The molecule has 7 aliphatic rings. The summed E-state index contributed by atoms with van der Waals surface area (Å²) in [7, 11) is 3.57. The number of piperidine rings is 3. The van der Waals surface area contributed by atoms with E-state index in [1.165, 1.54) is 20.3 Å². The molecule has 5 N–H and O–H groups in total. The van der Waals surface area contributed by atoms with E-state index in [2.05, 4.69) is 36.0 Å². The lowest BCUT2D eigenvalue weighted by atomic mass is 9.72. The van der Waals surface area contributed by atoms with Crippen LogP contribution in [0.2, 0.25) is 0 Å². The smallest absolute Gasteiger partial charge is 0.315 e. The first-order valence-electron chi connectivity index (χ1n) is 27.0. The zero-order valence-corrected chi connectivity index (χ0v) is 45.8. The molecule has 410 valence electrons. The number of aliphatic hydroxyl groups is 2. The fourth-order valence-electron chi connectivity index (χ4n) is 12.4. The topological polar surface area (TPSA) is 233 Å². The Bertz CT molecular complexity index is 2780. The highest BCUT2D eigenvalue weighted by Crippen LogP contribution is 2.50. The number of methoxy groups -OCH3 is 1. The summed E-state index contributed by atoms with van der Waals surface area (Å²) in [5, 5.41) is 51.2. The van der Waals surface area contributed by atoms with Gasteiger partial charge in [0.15, 0.2) is 11.4 Å². The molecule has 7 heterocycles. The number of ether oxygens (including phenoxy) is 4. The molecule has 5 bridgehead atoms. The van der Waals surface area contributed by atoms with Gasteiger partial charge in [-0.1, -0.05) is 59.8 Å². The maximum atomic E-state index is 15.0. The quantitative estimate of drug-likeness (QED) is 0.138. The second kappa shape index (κ2) is 21.9. The minimum atomic E-state index is -2.02. The minimum absolute atomic E-state index is 0.0158. The molecule has 18 nitrogen and oxygen atoms in total. The van der Waals surface area contributed by atoms with Crippen LogP contribution in [0.5, 0.6) is 17.2 Å². The van der Waals surface area contributed by atoms with Gasteiger partial charge in [-0.25, -0.2) is 0 Å². The van der Waals surface area contributed by atoms with Gasteiger partial charge in [-0.15, -0.1) is 0 Å². The zero-order valence-electron chi connectivity index (χ0n) is 45.8. The number of phenolic OH excluding ortho intramolecular Hbond substituents is 2. The minimum Gasteiger partial charge on any atom is -0.507 e. The van der Waals surface area contributed by atoms with E-state index in [-0.39, 0.29) is 66.7 Å². The highest BCUT2D eigenvalue weighted by molar-refractivity contribution is 6.19. The van der Waals surface area contributed by atoms with Gasteiger partial charge in [-0.05, 0) is 77.1 Å². The van der Waals surface area contributed by atoms with Crippen molar-refractivity contribution in [3.63, 3.8) is 0 Å². The highest BCUT2D eigenvalue weighted by atomic mass is 16.7. The summed E-state index contributed by atoms with van der Waals surface area (Å²) in [6, 6.07) is 0. The van der Waals surface area contributed by atoms with Crippen molar-refractivity contribution in [2.45, 2.75) is 143 Å². The predicted octanol–water partition coefficient (Wildman–Crippen LogP) is 5.45. The maximum absolute atomic E-state index is 15.0. The number of anilines is 1. The van der Waals surface area contributed by atoms with Crippen LogP contribution in [0.1, 0.15) is 116 Å². The van der Waals surface area contributed by atoms with Crippen LogP contribution in [0, 0.1) is 41.9 Å². The molecule has 0 aromatic heterocycles. The number of phenols is 2. The number of nitrogens with one attached hydrogen (secondary N) is 1. The van der Waals surface area contributed by atoms with E-state index in [0.29, 0.717) is 44.9 Å². The third-order valence-corrected chi connectivity index (χ3v) is 17.2. The molecule has 2 aromatic carbocycles. The molecular formula is C57H80N6O12. The first-order valence-corrected chi connectivity index (χ1v) is 27.0. The third kappa shape index (κ3) is 11.0. The first kappa shape index (κ1) is 55.8. The molecule has 9 rings (SSSR count). The van der Waals surface area contributed by atoms with E-state index < -0.39 is 89.4 Å². The third-order valence-electron chi connectivity index (χ3n) is 17.2. The fraction of sp³-hybridized carbons (Fsp3) is 0.649. The Hall–Kier alpha value is -5.40. The second-order valence-electron chi connectivity index (χ2n) is 23.2. The lowest BCUT2D eigenvalue weighted by Crippen LogP contribution is -2.51. The number of esters is 1. The van der Waals surface area contributed by atoms with Crippen molar-refractivity contribution in [2.75, 3.05) is 65.3 Å². The Labute approximate surface area is 440 Å². The van der Waals surface area contributed by atoms with Crippen LogP contribution in [0.15, 0.2) is 46.1 Å². The van der Waals surface area contributed by atoms with Crippen LogP contribution in [0.4, 0.5) is 5.69 Å². The molecule has 2 aromatic rings. The maximum Gasteiger partial charge on any atom is 0.315 e. The summed E-state index contributed by atoms with van der Waals surface area (Å²) in [4.78, 5) is 73.8. The molecule has 0 unspecified atom stereocenters. The number of rotatable bonds is 6. The average Bonchev–Trinajstić information content (AvgIpc) is 3.88. The van der Waals surface area contributed by atoms with Crippen LogP contribution in [0.25, 0.3) is 10.8 Å². The van der Waals surface area contributed by atoms with Gasteiger partial charge < -0.3 is 59.4 Å². The molecule has 0 saturated carbocycles. The van der Waals surface area contributed by atoms with Crippen LogP contribution in [0.3, 0.4) is 0 Å². The number of ketones is 1. The fourth-order valence-corrected chi connectivity index (χ4v) is 12.4. The SMILES string of the molecule is CO[C@H]1/C=C/O[C@@]2(C)Oc3c(C)c(O)c4c(O)c(c5c(c4c3C2=O)=NC2(CCN(CC(C)C)CC2)N=5)NC(=O)/C(C)=C\C=C\[C@H](C)[C@H](O)[C@@H](C)[C@@H](O)[C@@H](C)[C@H](OC(=O)CC(=O)N2CCCC3(CCN(C)CC3)C2)[C@@H]1C. The number of hydrogen-bond donors (Lipinski definition) is 5. The number of carbonyl (C=O) groups excluding carboxylic acids is 4. The Balaban J connectivity index is 1.16. The molecular weight excluding hydrogens is 961 g/mol. The number of amides is 2. The molecule has 3 saturated heterocycles. The summed E-state index contributed by atoms with van der Waals surface area (Å²) in [6.07, 6.45) is 7.87. The average molecular weight is 1040 g/mol. The van der Waals surface area contributed by atoms with E-state index >= 15 is 0 Å². The van der Waals surface area contributed by atoms with Gasteiger partial charge >= 0.3 is 11.8 Å². The standard InChI is InChI=1S/C57H80N6O12/c1-31(2)29-62-25-20-57(21-26-62)59-44-41-42-49(68)37(8)52-43(41)53(70)55(9,75-52)73-27-16-38(72-11)34(5)51(74-40(65)28-39(64)63-22-13-17-56(30-63)18-23-61(10)24-19-56)36(7)48(67)35(6)47(66)32(3)14-12-15-33(4)54(71)58-46(50(42)69)45(44)60-57/h12,14-16,27,31-32,34-36,38,47-48,51,66-69H,13,17-26,28-30H2,1-11H3,(H,58,71)/b14-12+,27-16+,33-15-/t32-,34+,35+,36+,38-,47-,48+,51+,55-/m0/s1. The number of aliphatic hydroxyl groups excluding tert-OH is 2. The van der Waals surface area contributed by atoms with Crippen molar-refractivity contribution in [3.8, 4) is 17.2 Å². The molecule has 2 spiro atoms. The van der Waals surface area contributed by atoms with Crippen molar-refractivity contribution < 1.29 is 58.6 Å². The van der Waals surface area contributed by atoms with Crippen LogP contribution >= 0.6 is 0 Å². The molecule has 18 heteroatoms. The predicted molar refractivity (Wildman–Crippen MR) is 282 cm³/mol. The lowest BCUT2D eigenvalue weighted by molar-refractivity contribution is -0.166. The van der Waals surface area contributed by atoms with Crippen LogP contribution in [-0.2, 0) is 28.6 Å². The highest BCUT2D eigenvalue weighted by Gasteiger charge is 2.50. The molecule has 7 aliphatic heterocycles. The molecule has 2 amide bonds. The van der Waals surface area contributed by atoms with Crippen LogP contribution < -0.4 is 20.8 Å². The summed E-state index contributed by atoms with van der Waals surface area (Å²) in [5.41, 5.74) is -0.644. The van der Waals surface area contributed by atoms with Crippen molar-refractivity contribution in [3.05, 3.63) is 58.0 Å². The summed E-state index contributed by atoms with van der Waals surface area (Å²) in [6.45, 7) is 21.2. The van der Waals surface area contributed by atoms with E-state index in [0.717, 1.165) is 45.3 Å². The number of benzene rings is 2. The first-order chi connectivity index (χ1) is 35.4. The van der Waals surface area contributed by atoms with Crippen LogP contribution in [-0.4, -0.2) is 155 Å². The Morgan fingerprint density at radius 3 is 2.23 bits per heavy atom. The molecule has 0 radical (unpaired) electrons. The molecule has 75 heavy (non-hydrogen) atoms. The number of likely N-dealkylation sites (tertiary alicyclic amines) is 3. The number of hydrogen-bond acceptors (Lipinski definition) is 16. The van der Waals surface area contributed by atoms with E-state index in [4.69, 9.17) is 28.9 Å². The lowest BCUT2D eigenvalue weighted by Gasteiger charge is -2.47. The summed E-state index contributed by atoms with van der Waals surface area (Å²) in [5.74, 6) is -7.55. The van der Waals surface area contributed by atoms with Crippen molar-refractivity contribution in [2.24, 2.45) is 45.0 Å². The van der Waals surface area contributed by atoms with Gasteiger partial charge in [0.25, 0.3) is 11.7 Å². The number of aromatic hydroxyl groups is 2. The normalized spacial score (nSPS) is 32.0. The van der Waals surface area contributed by atoms with Gasteiger partial charge in [-0.2, -0.15) is 0 Å². The van der Waals surface area contributed by atoms with Gasteiger partial charge in [0, 0.05) is 99.8 Å². The Kier molecular flexibility index (Phi) is 16.3. The van der Waals surface area contributed by atoms with Crippen molar-refractivity contribution in [1.82, 2.24) is 14.7 Å². The van der Waals surface area contributed by atoms with E-state index in [9.17, 15) is 39.6 Å². The monoisotopic (exact) mass is 1040 g/mol. The summed E-state index contributed by atoms with van der Waals surface area (Å²) < 4.78 is 24.8. The molecule has 9 atom stereocenters. The van der Waals surface area contributed by atoms with Crippen molar-refractivity contribution in [1.29, 1.82) is 0 Å². The van der Waals surface area contributed by atoms with Gasteiger partial charge in [0.05, 0.1) is 40.9 Å². The number of fused-ring (bicyclic) bond motifs is 13. The molecule has 0 aliphatic carbocycles. The zero-order chi connectivity index (χ0) is 54.5. The largest absolute Gasteiger partial charge is 0.507 e. The van der Waals surface area contributed by atoms with E-state index in [1.807, 2.05) is 0 Å². The summed E-state index contributed by atoms with van der Waals surface area (Å²) >= 11 is 0. The molecule has 3 fully saturated rings. The van der Waals surface area contributed by atoms with Crippen molar-refractivity contribution >= 4 is 40.0 Å². The van der Waals surface area contributed by atoms with Gasteiger partial charge in [0.2, 0.25) is 5.91 Å². The number of allylic oxidation sites excluding steroid dienone is 2.